The van der Waals surface area contributed by atoms with E-state index in [0.29, 0.717) is 45.1 Å². The number of unbranched alkanes of at least 4 members (excludes halogenated alkanes) is 2. The van der Waals surface area contributed by atoms with Crippen LogP contribution in [0.4, 0.5) is 4.79 Å². The standard InChI is InChI=1S/C44H57N3O7/c1-3-5-9-25-38(28-34-19-10-6-11-20-34)43(51)53-33-39(26-16-17-27-45-44(52)54-32-36-23-14-8-15-24-36)47-42(50)37(18-4-2)30-41(49)46-40(31-48)29-35-21-12-7-13-22-35/h3-4,6-8,10-15,19-24,37-40,48H,1-2,5,9,16-18,25-33H2,(H,45,52)(H,46,49)(H,47,50)/t37-,38+,39-,40+/m0/s1. The van der Waals surface area contributed by atoms with E-state index in [0.717, 1.165) is 29.5 Å². The molecular weight excluding hydrogens is 682 g/mol. The largest absolute Gasteiger partial charge is 0.463 e. The summed E-state index contributed by atoms with van der Waals surface area (Å²) in [5.74, 6) is -2.13. The summed E-state index contributed by atoms with van der Waals surface area (Å²) in [4.78, 5) is 52.5. The first-order valence-corrected chi connectivity index (χ1v) is 18.9. The molecule has 0 aliphatic carbocycles. The highest BCUT2D eigenvalue weighted by molar-refractivity contribution is 5.86. The van der Waals surface area contributed by atoms with Crippen LogP contribution in [-0.2, 0) is 43.3 Å². The van der Waals surface area contributed by atoms with E-state index in [-0.39, 0.29) is 56.4 Å². The Morgan fingerprint density at radius 1 is 0.685 bits per heavy atom. The SMILES string of the molecule is C=CCCC[C@H](Cc1ccccc1)C(=O)OC[C@H](CCCCNC(=O)OCc1ccccc1)NC(=O)[C@@H](CC=C)CC(=O)N[C@@H](CO)Cc1ccccc1. The highest BCUT2D eigenvalue weighted by Crippen LogP contribution is 2.19. The molecule has 0 aliphatic rings. The molecule has 4 N–H and O–H groups in total. The lowest BCUT2D eigenvalue weighted by Gasteiger charge is -2.24. The van der Waals surface area contributed by atoms with Gasteiger partial charge in [0, 0.05) is 13.0 Å². The highest BCUT2D eigenvalue weighted by Gasteiger charge is 2.26. The van der Waals surface area contributed by atoms with Crippen molar-refractivity contribution in [3.8, 4) is 0 Å². The van der Waals surface area contributed by atoms with E-state index < -0.39 is 24.1 Å². The maximum atomic E-state index is 13.7. The third-order valence-corrected chi connectivity index (χ3v) is 9.02. The summed E-state index contributed by atoms with van der Waals surface area (Å²) in [7, 11) is 0. The predicted octanol–water partition coefficient (Wildman–Crippen LogP) is 6.63. The van der Waals surface area contributed by atoms with Gasteiger partial charge < -0.3 is 30.5 Å². The molecule has 0 spiro atoms. The van der Waals surface area contributed by atoms with Crippen molar-refractivity contribution in [3.05, 3.63) is 133 Å². The van der Waals surface area contributed by atoms with Crippen molar-refractivity contribution in [1.29, 1.82) is 0 Å². The molecule has 10 nitrogen and oxygen atoms in total. The number of allylic oxidation sites excluding steroid dienone is 2. The Morgan fingerprint density at radius 2 is 1.31 bits per heavy atom. The zero-order valence-corrected chi connectivity index (χ0v) is 31.3. The average Bonchev–Trinajstić information content (AvgIpc) is 3.19. The van der Waals surface area contributed by atoms with Crippen LogP contribution in [0.1, 0.15) is 68.1 Å². The second-order valence-electron chi connectivity index (χ2n) is 13.5. The molecule has 0 unspecified atom stereocenters. The fourth-order valence-corrected chi connectivity index (χ4v) is 6.06. The van der Waals surface area contributed by atoms with Crippen LogP contribution in [-0.4, -0.2) is 60.8 Å². The van der Waals surface area contributed by atoms with Gasteiger partial charge in [0.05, 0.1) is 30.5 Å². The Labute approximate surface area is 320 Å². The van der Waals surface area contributed by atoms with E-state index in [2.05, 4.69) is 29.1 Å². The Morgan fingerprint density at radius 3 is 1.93 bits per heavy atom. The van der Waals surface area contributed by atoms with Crippen molar-refractivity contribution in [3.63, 3.8) is 0 Å². The number of aliphatic hydroxyl groups excluding tert-OH is 1. The summed E-state index contributed by atoms with van der Waals surface area (Å²) in [5.41, 5.74) is 2.90. The van der Waals surface area contributed by atoms with Crippen LogP contribution in [0.5, 0.6) is 0 Å². The maximum Gasteiger partial charge on any atom is 0.407 e. The summed E-state index contributed by atoms with van der Waals surface area (Å²) >= 11 is 0. The Balaban J connectivity index is 1.61. The van der Waals surface area contributed by atoms with Gasteiger partial charge in [0.2, 0.25) is 11.8 Å². The minimum atomic E-state index is -0.720. The highest BCUT2D eigenvalue weighted by atomic mass is 16.5. The minimum Gasteiger partial charge on any atom is -0.463 e. The summed E-state index contributed by atoms with van der Waals surface area (Å²) in [6.45, 7) is 7.84. The minimum absolute atomic E-state index is 0.0411. The molecule has 0 saturated carbocycles. The van der Waals surface area contributed by atoms with Gasteiger partial charge >= 0.3 is 12.1 Å². The lowest BCUT2D eigenvalue weighted by molar-refractivity contribution is -0.150. The smallest absolute Gasteiger partial charge is 0.407 e. The zero-order chi connectivity index (χ0) is 38.8. The fourth-order valence-electron chi connectivity index (χ4n) is 6.06. The van der Waals surface area contributed by atoms with Crippen molar-refractivity contribution >= 4 is 23.9 Å². The number of rotatable bonds is 26. The topological polar surface area (TPSA) is 143 Å². The van der Waals surface area contributed by atoms with Gasteiger partial charge in [0.25, 0.3) is 0 Å². The van der Waals surface area contributed by atoms with Crippen molar-refractivity contribution in [2.24, 2.45) is 11.8 Å². The number of carbonyl (C=O) groups is 4. The Kier molecular flexibility index (Phi) is 20.6. The van der Waals surface area contributed by atoms with Crippen LogP contribution in [0.15, 0.2) is 116 Å². The van der Waals surface area contributed by atoms with Gasteiger partial charge in [-0.15, -0.1) is 13.2 Å². The number of carbonyl (C=O) groups excluding carboxylic acids is 4. The Hall–Kier alpha value is -5.22. The number of amides is 3. The van der Waals surface area contributed by atoms with Crippen molar-refractivity contribution in [2.75, 3.05) is 19.8 Å². The van der Waals surface area contributed by atoms with Crippen LogP contribution in [0.3, 0.4) is 0 Å². The third-order valence-electron chi connectivity index (χ3n) is 9.02. The summed E-state index contributed by atoms with van der Waals surface area (Å²) < 4.78 is 11.2. The first-order chi connectivity index (χ1) is 26.3. The van der Waals surface area contributed by atoms with Gasteiger partial charge in [0.15, 0.2) is 0 Å². The van der Waals surface area contributed by atoms with Crippen LogP contribution in [0, 0.1) is 11.8 Å². The van der Waals surface area contributed by atoms with E-state index in [1.165, 1.54) is 0 Å². The van der Waals surface area contributed by atoms with Crippen molar-refractivity contribution in [2.45, 2.75) is 82.9 Å². The summed E-state index contributed by atoms with van der Waals surface area (Å²) in [5, 5.41) is 18.6. The molecule has 3 aromatic rings. The molecule has 290 valence electrons. The van der Waals surface area contributed by atoms with Gasteiger partial charge in [-0.25, -0.2) is 4.79 Å². The maximum absolute atomic E-state index is 13.7. The first-order valence-electron chi connectivity index (χ1n) is 18.9. The molecule has 0 bridgehead atoms. The van der Waals surface area contributed by atoms with E-state index in [9.17, 15) is 24.3 Å². The molecule has 4 atom stereocenters. The Bertz CT molecular complexity index is 1550. The molecule has 0 saturated heterocycles. The van der Waals surface area contributed by atoms with Gasteiger partial charge in [0.1, 0.15) is 13.2 Å². The third kappa shape index (κ3) is 17.5. The van der Waals surface area contributed by atoms with Crippen molar-refractivity contribution < 1.29 is 33.8 Å². The number of hydrogen-bond acceptors (Lipinski definition) is 7. The van der Waals surface area contributed by atoms with E-state index in [1.807, 2.05) is 97.1 Å². The van der Waals surface area contributed by atoms with Gasteiger partial charge in [-0.1, -0.05) is 103 Å². The number of hydrogen-bond donors (Lipinski definition) is 4. The molecule has 0 fully saturated rings. The van der Waals surface area contributed by atoms with Crippen molar-refractivity contribution in [1.82, 2.24) is 16.0 Å². The first kappa shape index (κ1) is 43.2. The fraction of sp³-hybridized carbons (Fsp3) is 0.409. The van der Waals surface area contributed by atoms with Gasteiger partial charge in [-0.05, 0) is 74.5 Å². The number of nitrogens with one attached hydrogen (secondary N) is 3. The van der Waals surface area contributed by atoms with E-state index in [4.69, 9.17) is 9.47 Å². The second kappa shape index (κ2) is 25.7. The molecule has 3 amide bonds. The summed E-state index contributed by atoms with van der Waals surface area (Å²) in [6, 6.07) is 27.7. The molecule has 0 radical (unpaired) electrons. The van der Waals surface area contributed by atoms with Crippen LogP contribution in [0.2, 0.25) is 0 Å². The number of ether oxygens (including phenoxy) is 2. The zero-order valence-electron chi connectivity index (χ0n) is 31.3. The molecule has 3 rings (SSSR count). The van der Waals surface area contributed by atoms with Crippen LogP contribution in [0.25, 0.3) is 0 Å². The monoisotopic (exact) mass is 739 g/mol. The average molecular weight is 740 g/mol. The summed E-state index contributed by atoms with van der Waals surface area (Å²) in [6.07, 6.45) is 7.95. The molecular formula is C44H57N3O7. The van der Waals surface area contributed by atoms with E-state index >= 15 is 0 Å². The number of benzene rings is 3. The lowest BCUT2D eigenvalue weighted by atomic mass is 9.94. The molecule has 54 heavy (non-hydrogen) atoms. The molecule has 0 heterocycles. The molecule has 10 heteroatoms. The lowest BCUT2D eigenvalue weighted by Crippen LogP contribution is -2.45. The van der Waals surface area contributed by atoms with Gasteiger partial charge in [-0.2, -0.15) is 0 Å². The number of aliphatic hydroxyl groups is 1. The number of alkyl carbamates (subject to hydrolysis) is 1. The predicted molar refractivity (Wildman–Crippen MR) is 211 cm³/mol. The molecule has 0 aromatic heterocycles. The quantitative estimate of drug-likeness (QED) is 0.0412. The van der Waals surface area contributed by atoms with Crippen LogP contribution >= 0.6 is 0 Å². The molecule has 3 aromatic carbocycles. The van der Waals surface area contributed by atoms with Gasteiger partial charge in [-0.3, -0.25) is 14.4 Å². The second-order valence-corrected chi connectivity index (χ2v) is 13.5. The van der Waals surface area contributed by atoms with E-state index in [1.54, 1.807) is 6.08 Å². The number of esters is 1. The van der Waals surface area contributed by atoms with Crippen LogP contribution < -0.4 is 16.0 Å². The molecule has 0 aliphatic heterocycles. The normalized spacial score (nSPS) is 13.0.